The van der Waals surface area contributed by atoms with Crippen molar-refractivity contribution in [2.45, 2.75) is 59.2 Å². The van der Waals surface area contributed by atoms with E-state index < -0.39 is 0 Å². The molecular formula is C18H26O2. The Morgan fingerprint density at radius 3 is 2.30 bits per heavy atom. The first kappa shape index (κ1) is 15.4. The van der Waals surface area contributed by atoms with E-state index in [9.17, 15) is 0 Å². The summed E-state index contributed by atoms with van der Waals surface area (Å²) in [5.74, 6) is 13.3. The van der Waals surface area contributed by atoms with E-state index in [0.29, 0.717) is 13.2 Å². The van der Waals surface area contributed by atoms with Gasteiger partial charge in [0.2, 0.25) is 0 Å². The van der Waals surface area contributed by atoms with Crippen molar-refractivity contribution < 1.29 is 9.47 Å². The van der Waals surface area contributed by atoms with E-state index in [0.717, 1.165) is 18.3 Å². The Labute approximate surface area is 123 Å². The van der Waals surface area contributed by atoms with Crippen LogP contribution in [-0.4, -0.2) is 19.5 Å². The van der Waals surface area contributed by atoms with Crippen molar-refractivity contribution in [2.24, 2.45) is 17.3 Å². The van der Waals surface area contributed by atoms with Crippen molar-refractivity contribution in [2.75, 3.05) is 13.2 Å². The number of hydrogen-bond donors (Lipinski definition) is 0. The molecule has 0 spiro atoms. The Bertz CT molecular complexity index is 416. The molecule has 1 saturated heterocycles. The molecule has 0 aromatic carbocycles. The number of ether oxygens (including phenoxy) is 2. The van der Waals surface area contributed by atoms with Gasteiger partial charge in [0.15, 0.2) is 6.29 Å². The SMILES string of the molecule is CC#CC#CC1(C)COC(CC2CCC(C)CC2)OC1. The van der Waals surface area contributed by atoms with Crippen LogP contribution in [0, 0.1) is 40.9 Å². The van der Waals surface area contributed by atoms with Crippen LogP contribution in [-0.2, 0) is 9.47 Å². The van der Waals surface area contributed by atoms with Crippen LogP contribution in [0.1, 0.15) is 52.9 Å². The fourth-order valence-electron chi connectivity index (χ4n) is 2.93. The standard InChI is InChI=1S/C18H26O2/c1-4-5-6-11-18(3)13-19-17(20-14-18)12-16-9-7-15(2)8-10-16/h15-17H,7-10,12-14H2,1-3H3. The number of rotatable bonds is 2. The molecule has 0 N–H and O–H groups in total. The van der Waals surface area contributed by atoms with Gasteiger partial charge in [-0.3, -0.25) is 0 Å². The zero-order valence-corrected chi connectivity index (χ0v) is 13.0. The topological polar surface area (TPSA) is 18.5 Å². The van der Waals surface area contributed by atoms with Gasteiger partial charge in [-0.1, -0.05) is 44.4 Å². The van der Waals surface area contributed by atoms with Crippen LogP contribution < -0.4 is 0 Å². The van der Waals surface area contributed by atoms with Crippen molar-refractivity contribution in [1.29, 1.82) is 0 Å². The fourth-order valence-corrected chi connectivity index (χ4v) is 2.93. The quantitative estimate of drug-likeness (QED) is 0.716. The highest BCUT2D eigenvalue weighted by Gasteiger charge is 2.32. The molecule has 2 aliphatic rings. The van der Waals surface area contributed by atoms with Crippen molar-refractivity contribution in [1.82, 2.24) is 0 Å². The van der Waals surface area contributed by atoms with Crippen molar-refractivity contribution in [3.63, 3.8) is 0 Å². The van der Waals surface area contributed by atoms with Gasteiger partial charge in [-0.25, -0.2) is 0 Å². The molecule has 20 heavy (non-hydrogen) atoms. The molecule has 0 unspecified atom stereocenters. The largest absolute Gasteiger partial charge is 0.351 e. The second-order valence-corrected chi connectivity index (χ2v) is 6.60. The number of hydrogen-bond acceptors (Lipinski definition) is 2. The van der Waals surface area contributed by atoms with Gasteiger partial charge in [0.05, 0.1) is 18.6 Å². The molecule has 2 heteroatoms. The van der Waals surface area contributed by atoms with E-state index in [4.69, 9.17) is 9.47 Å². The average Bonchev–Trinajstić information content (AvgIpc) is 2.44. The highest BCUT2D eigenvalue weighted by molar-refractivity contribution is 5.28. The van der Waals surface area contributed by atoms with Gasteiger partial charge < -0.3 is 9.47 Å². The van der Waals surface area contributed by atoms with Crippen LogP contribution >= 0.6 is 0 Å². The fraction of sp³-hybridized carbons (Fsp3) is 0.778. The van der Waals surface area contributed by atoms with E-state index in [-0.39, 0.29) is 11.7 Å². The Hall–Kier alpha value is -0.960. The van der Waals surface area contributed by atoms with Crippen LogP contribution in [0.5, 0.6) is 0 Å². The van der Waals surface area contributed by atoms with Gasteiger partial charge in [0, 0.05) is 6.42 Å². The smallest absolute Gasteiger partial charge is 0.157 e. The molecule has 2 fully saturated rings. The molecule has 1 saturated carbocycles. The molecule has 1 aliphatic carbocycles. The molecule has 0 aromatic heterocycles. The lowest BCUT2D eigenvalue weighted by atomic mass is 9.81. The predicted octanol–water partition coefficient (Wildman–Crippen LogP) is 3.61. The Morgan fingerprint density at radius 1 is 1.05 bits per heavy atom. The van der Waals surface area contributed by atoms with E-state index in [1.54, 1.807) is 6.92 Å². The van der Waals surface area contributed by atoms with Crippen LogP contribution in [0.15, 0.2) is 0 Å². The normalized spacial score (nSPS) is 37.2. The lowest BCUT2D eigenvalue weighted by Crippen LogP contribution is -2.40. The molecule has 2 rings (SSSR count). The molecule has 0 bridgehead atoms. The predicted molar refractivity (Wildman–Crippen MR) is 80.8 cm³/mol. The summed E-state index contributed by atoms with van der Waals surface area (Å²) in [6, 6.07) is 0. The monoisotopic (exact) mass is 274 g/mol. The second-order valence-electron chi connectivity index (χ2n) is 6.60. The van der Waals surface area contributed by atoms with Crippen LogP contribution in [0.25, 0.3) is 0 Å². The lowest BCUT2D eigenvalue weighted by molar-refractivity contribution is -0.220. The van der Waals surface area contributed by atoms with Crippen LogP contribution in [0.3, 0.4) is 0 Å². The summed E-state index contributed by atoms with van der Waals surface area (Å²) in [4.78, 5) is 0. The van der Waals surface area contributed by atoms with Gasteiger partial charge in [-0.2, -0.15) is 0 Å². The summed E-state index contributed by atoms with van der Waals surface area (Å²) in [6.45, 7) is 7.54. The zero-order chi connectivity index (χ0) is 14.4. The van der Waals surface area contributed by atoms with E-state index in [2.05, 4.69) is 37.5 Å². The summed E-state index contributed by atoms with van der Waals surface area (Å²) in [6.07, 6.45) is 6.39. The minimum Gasteiger partial charge on any atom is -0.351 e. The highest BCUT2D eigenvalue weighted by atomic mass is 16.7. The summed E-state index contributed by atoms with van der Waals surface area (Å²) < 4.78 is 11.8. The maximum Gasteiger partial charge on any atom is 0.157 e. The van der Waals surface area contributed by atoms with E-state index in [1.807, 2.05) is 0 Å². The lowest BCUT2D eigenvalue weighted by Gasteiger charge is -2.36. The third kappa shape index (κ3) is 4.55. The third-order valence-corrected chi connectivity index (χ3v) is 4.39. The maximum atomic E-state index is 5.88. The first-order chi connectivity index (χ1) is 9.61. The molecule has 1 aliphatic heterocycles. The zero-order valence-electron chi connectivity index (χ0n) is 13.0. The minimum absolute atomic E-state index is 0.0273. The van der Waals surface area contributed by atoms with Crippen LogP contribution in [0.2, 0.25) is 0 Å². The van der Waals surface area contributed by atoms with Crippen molar-refractivity contribution in [3.8, 4) is 23.7 Å². The molecule has 0 radical (unpaired) electrons. The first-order valence-corrected chi connectivity index (χ1v) is 7.78. The third-order valence-electron chi connectivity index (χ3n) is 4.39. The molecule has 110 valence electrons. The highest BCUT2D eigenvalue weighted by Crippen LogP contribution is 2.33. The van der Waals surface area contributed by atoms with Gasteiger partial charge in [-0.15, -0.1) is 0 Å². The van der Waals surface area contributed by atoms with E-state index >= 15 is 0 Å². The Morgan fingerprint density at radius 2 is 1.70 bits per heavy atom. The van der Waals surface area contributed by atoms with Gasteiger partial charge >= 0.3 is 0 Å². The van der Waals surface area contributed by atoms with E-state index in [1.165, 1.54) is 25.7 Å². The van der Waals surface area contributed by atoms with Gasteiger partial charge in [0.1, 0.15) is 0 Å². The van der Waals surface area contributed by atoms with Gasteiger partial charge in [-0.05, 0) is 37.5 Å². The molecule has 0 aromatic rings. The van der Waals surface area contributed by atoms with Crippen LogP contribution in [0.4, 0.5) is 0 Å². The molecule has 2 nitrogen and oxygen atoms in total. The van der Waals surface area contributed by atoms with Crippen molar-refractivity contribution in [3.05, 3.63) is 0 Å². The molecular weight excluding hydrogens is 248 g/mol. The summed E-state index contributed by atoms with van der Waals surface area (Å²) >= 11 is 0. The van der Waals surface area contributed by atoms with Gasteiger partial charge in [0.25, 0.3) is 0 Å². The summed E-state index contributed by atoms with van der Waals surface area (Å²) in [5.41, 5.74) is -0.207. The first-order valence-electron chi connectivity index (χ1n) is 7.78. The summed E-state index contributed by atoms with van der Waals surface area (Å²) in [7, 11) is 0. The second kappa shape index (κ2) is 7.16. The summed E-state index contributed by atoms with van der Waals surface area (Å²) in [5, 5.41) is 0. The average molecular weight is 274 g/mol. The molecule has 1 heterocycles. The molecule has 0 amide bonds. The minimum atomic E-state index is -0.207. The molecule has 0 atom stereocenters. The van der Waals surface area contributed by atoms with Crippen molar-refractivity contribution >= 4 is 0 Å². The Balaban J connectivity index is 1.76. The maximum absolute atomic E-state index is 5.88. The Kier molecular flexibility index (Phi) is 5.53.